The highest BCUT2D eigenvalue weighted by atomic mass is 15.2. The molecule has 0 unspecified atom stereocenters. The number of aryl methyl sites for hydroxylation is 1. The van der Waals surface area contributed by atoms with E-state index >= 15 is 0 Å². The maximum Gasteiger partial charge on any atom is 0.128 e. The number of hydrogen-bond donors (Lipinski definition) is 1. The van der Waals surface area contributed by atoms with Crippen molar-refractivity contribution in [3.8, 4) is 0 Å². The lowest BCUT2D eigenvalue weighted by Crippen LogP contribution is -2.38. The van der Waals surface area contributed by atoms with Gasteiger partial charge >= 0.3 is 0 Å². The summed E-state index contributed by atoms with van der Waals surface area (Å²) in [4.78, 5) is 7.29. The van der Waals surface area contributed by atoms with Crippen LogP contribution in [0.15, 0.2) is 12.1 Å². The number of piperidine rings is 1. The van der Waals surface area contributed by atoms with E-state index in [1.165, 1.54) is 36.9 Å². The Kier molecular flexibility index (Phi) is 5.63. The summed E-state index contributed by atoms with van der Waals surface area (Å²) in [5.41, 5.74) is 3.03. The van der Waals surface area contributed by atoms with Gasteiger partial charge in [-0.15, -0.1) is 0 Å². The minimum atomic E-state index is 0.537. The van der Waals surface area contributed by atoms with Gasteiger partial charge < -0.3 is 10.2 Å². The summed E-state index contributed by atoms with van der Waals surface area (Å²) in [6.45, 7) is 13.4. The van der Waals surface area contributed by atoms with Gasteiger partial charge in [-0.1, -0.05) is 33.3 Å². The van der Waals surface area contributed by atoms with E-state index in [1.807, 2.05) is 0 Å². The van der Waals surface area contributed by atoms with Crippen LogP contribution in [0.5, 0.6) is 0 Å². The molecule has 0 amide bonds. The average Bonchev–Trinajstić information content (AvgIpc) is 2.50. The molecule has 0 bridgehead atoms. The van der Waals surface area contributed by atoms with Gasteiger partial charge in [0.2, 0.25) is 0 Å². The van der Waals surface area contributed by atoms with Crippen molar-refractivity contribution < 1.29 is 0 Å². The highest BCUT2D eigenvalue weighted by Crippen LogP contribution is 2.35. The average molecular weight is 289 g/mol. The summed E-state index contributed by atoms with van der Waals surface area (Å²) < 4.78 is 0. The summed E-state index contributed by atoms with van der Waals surface area (Å²) >= 11 is 0. The van der Waals surface area contributed by atoms with Gasteiger partial charge in [0.05, 0.1) is 0 Å². The summed E-state index contributed by atoms with van der Waals surface area (Å²) in [5, 5.41) is 3.46. The zero-order valence-corrected chi connectivity index (χ0v) is 14.2. The Morgan fingerprint density at radius 1 is 1.24 bits per heavy atom. The van der Waals surface area contributed by atoms with E-state index in [2.05, 4.69) is 50.0 Å². The molecule has 1 aromatic rings. The summed E-state index contributed by atoms with van der Waals surface area (Å²) in [5.74, 6) is 1.16. The van der Waals surface area contributed by atoms with Gasteiger partial charge in [0.1, 0.15) is 5.82 Å². The van der Waals surface area contributed by atoms with Crippen LogP contribution < -0.4 is 10.2 Å². The fraction of sp³-hybridized carbons (Fsp3) is 0.722. The van der Waals surface area contributed by atoms with E-state index in [9.17, 15) is 0 Å². The third-order valence-corrected chi connectivity index (χ3v) is 5.07. The van der Waals surface area contributed by atoms with Crippen molar-refractivity contribution in [2.45, 2.75) is 59.9 Å². The van der Waals surface area contributed by atoms with Gasteiger partial charge in [-0.25, -0.2) is 4.98 Å². The zero-order valence-electron chi connectivity index (χ0n) is 14.2. The second-order valence-corrected chi connectivity index (χ2v) is 6.74. The van der Waals surface area contributed by atoms with Gasteiger partial charge in [-0.2, -0.15) is 0 Å². The fourth-order valence-corrected chi connectivity index (χ4v) is 2.97. The van der Waals surface area contributed by atoms with E-state index in [0.717, 1.165) is 32.0 Å². The summed E-state index contributed by atoms with van der Waals surface area (Å²) in [6.07, 6.45) is 5.03. The largest absolute Gasteiger partial charge is 0.357 e. The maximum atomic E-state index is 4.84. The molecular formula is C18H31N3. The predicted molar refractivity (Wildman–Crippen MR) is 90.8 cm³/mol. The molecule has 0 aromatic carbocycles. The Bertz CT molecular complexity index is 448. The van der Waals surface area contributed by atoms with Gasteiger partial charge in [0.15, 0.2) is 0 Å². The molecule has 1 N–H and O–H groups in total. The minimum absolute atomic E-state index is 0.537. The highest BCUT2D eigenvalue weighted by molar-refractivity contribution is 5.42. The Balaban J connectivity index is 1.97. The quantitative estimate of drug-likeness (QED) is 0.805. The molecule has 0 aliphatic carbocycles. The van der Waals surface area contributed by atoms with Crippen LogP contribution in [0.4, 0.5) is 5.82 Å². The number of pyridine rings is 1. The summed E-state index contributed by atoms with van der Waals surface area (Å²) in [7, 11) is 0. The molecule has 0 saturated carbocycles. The van der Waals surface area contributed by atoms with Crippen LogP contribution in [0.2, 0.25) is 0 Å². The summed E-state index contributed by atoms with van der Waals surface area (Å²) in [6, 6.07) is 4.44. The smallest absolute Gasteiger partial charge is 0.128 e. The highest BCUT2D eigenvalue weighted by Gasteiger charge is 2.28. The number of hydrogen-bond acceptors (Lipinski definition) is 3. The molecule has 1 aromatic heterocycles. The molecule has 0 atom stereocenters. The van der Waals surface area contributed by atoms with Crippen LogP contribution in [-0.2, 0) is 6.54 Å². The molecule has 3 heteroatoms. The molecule has 118 valence electrons. The predicted octanol–water partition coefficient (Wildman–Crippen LogP) is 3.91. The minimum Gasteiger partial charge on any atom is -0.357 e. The van der Waals surface area contributed by atoms with Crippen molar-refractivity contribution in [2.75, 3.05) is 24.5 Å². The molecule has 2 heterocycles. The van der Waals surface area contributed by atoms with Crippen molar-refractivity contribution in [3.63, 3.8) is 0 Å². The van der Waals surface area contributed by atoms with E-state index in [4.69, 9.17) is 4.98 Å². The lowest BCUT2D eigenvalue weighted by molar-refractivity contribution is 0.238. The van der Waals surface area contributed by atoms with Crippen LogP contribution in [-0.4, -0.2) is 24.6 Å². The normalized spacial score (nSPS) is 18.0. The fourth-order valence-electron chi connectivity index (χ4n) is 2.97. The van der Waals surface area contributed by atoms with Crippen LogP contribution in [0, 0.1) is 12.3 Å². The van der Waals surface area contributed by atoms with Crippen molar-refractivity contribution in [1.29, 1.82) is 0 Å². The SMILES string of the molecule is CCCNCc1ccc(N2CCC(C)(CC)CC2)nc1C. The molecule has 1 saturated heterocycles. The van der Waals surface area contributed by atoms with Crippen molar-refractivity contribution in [2.24, 2.45) is 5.41 Å². The second kappa shape index (κ2) is 7.26. The van der Waals surface area contributed by atoms with Crippen LogP contribution in [0.25, 0.3) is 0 Å². The molecular weight excluding hydrogens is 258 g/mol. The standard InChI is InChI=1S/C18H31N3/c1-5-11-19-14-16-7-8-17(20-15(16)3)21-12-9-18(4,6-2)10-13-21/h7-8,19H,5-6,9-14H2,1-4H3. The Morgan fingerprint density at radius 2 is 1.95 bits per heavy atom. The van der Waals surface area contributed by atoms with E-state index < -0.39 is 0 Å². The molecule has 0 radical (unpaired) electrons. The van der Waals surface area contributed by atoms with Crippen LogP contribution >= 0.6 is 0 Å². The lowest BCUT2D eigenvalue weighted by atomic mass is 9.78. The number of nitrogens with zero attached hydrogens (tertiary/aromatic N) is 2. The van der Waals surface area contributed by atoms with Crippen LogP contribution in [0.1, 0.15) is 57.7 Å². The Morgan fingerprint density at radius 3 is 2.52 bits per heavy atom. The lowest BCUT2D eigenvalue weighted by Gasteiger charge is -2.39. The monoisotopic (exact) mass is 289 g/mol. The third-order valence-electron chi connectivity index (χ3n) is 5.07. The molecule has 1 fully saturated rings. The van der Waals surface area contributed by atoms with E-state index in [-0.39, 0.29) is 0 Å². The first kappa shape index (κ1) is 16.3. The third kappa shape index (κ3) is 4.19. The zero-order chi connectivity index (χ0) is 15.3. The molecule has 21 heavy (non-hydrogen) atoms. The molecule has 0 spiro atoms. The van der Waals surface area contributed by atoms with Crippen molar-refractivity contribution in [1.82, 2.24) is 10.3 Å². The molecule has 3 nitrogen and oxygen atoms in total. The maximum absolute atomic E-state index is 4.84. The molecule has 1 aliphatic heterocycles. The van der Waals surface area contributed by atoms with Gasteiger partial charge in [0.25, 0.3) is 0 Å². The Hall–Kier alpha value is -1.09. The van der Waals surface area contributed by atoms with Gasteiger partial charge in [0, 0.05) is 25.3 Å². The van der Waals surface area contributed by atoms with E-state index in [1.54, 1.807) is 0 Å². The number of anilines is 1. The van der Waals surface area contributed by atoms with Gasteiger partial charge in [-0.05, 0) is 49.8 Å². The number of nitrogens with one attached hydrogen (secondary N) is 1. The molecule has 1 aliphatic rings. The number of rotatable bonds is 6. The second-order valence-electron chi connectivity index (χ2n) is 6.74. The Labute approximate surface area is 130 Å². The van der Waals surface area contributed by atoms with Gasteiger partial charge in [-0.3, -0.25) is 0 Å². The van der Waals surface area contributed by atoms with E-state index in [0.29, 0.717) is 5.41 Å². The van der Waals surface area contributed by atoms with Crippen molar-refractivity contribution in [3.05, 3.63) is 23.4 Å². The van der Waals surface area contributed by atoms with Crippen molar-refractivity contribution >= 4 is 5.82 Å². The molecule has 2 rings (SSSR count). The first-order valence-corrected chi connectivity index (χ1v) is 8.50. The first-order chi connectivity index (χ1) is 10.1. The number of aromatic nitrogens is 1. The first-order valence-electron chi connectivity index (χ1n) is 8.50. The topological polar surface area (TPSA) is 28.2 Å². The van der Waals surface area contributed by atoms with Crippen LogP contribution in [0.3, 0.4) is 0 Å².